The molecule has 4 N–H and O–H groups in total. The third kappa shape index (κ3) is 0.507. The first-order chi connectivity index (χ1) is 6.45. The minimum atomic E-state index is -1.26. The second kappa shape index (κ2) is 1.82. The average Bonchev–Trinajstić information content (AvgIpc) is 2.45. The Kier molecular flexibility index (Phi) is 1.07. The van der Waals surface area contributed by atoms with Crippen molar-refractivity contribution in [2.24, 2.45) is 28.9 Å². The largest absolute Gasteiger partial charge is 0.481 e. The molecule has 14 heavy (non-hydrogen) atoms. The lowest BCUT2D eigenvalue weighted by Crippen LogP contribution is -2.51. The van der Waals surface area contributed by atoms with E-state index in [-0.39, 0.29) is 17.8 Å². The first kappa shape index (κ1) is 8.23. The zero-order chi connectivity index (χ0) is 10.3. The predicted molar refractivity (Wildman–Crippen MR) is 44.3 cm³/mol. The Morgan fingerprint density at radius 3 is 2.21 bits per heavy atom. The summed E-state index contributed by atoms with van der Waals surface area (Å²) in [4.78, 5) is 22.1. The molecule has 0 aromatic carbocycles. The van der Waals surface area contributed by atoms with Crippen molar-refractivity contribution in [2.75, 3.05) is 0 Å². The molecule has 0 saturated heterocycles. The Morgan fingerprint density at radius 1 is 1.29 bits per heavy atom. The van der Waals surface area contributed by atoms with Gasteiger partial charge in [0.15, 0.2) is 0 Å². The van der Waals surface area contributed by atoms with E-state index in [0.29, 0.717) is 12.8 Å². The molecule has 4 fully saturated rings. The van der Waals surface area contributed by atoms with Gasteiger partial charge < -0.3 is 15.9 Å². The Hall–Kier alpha value is -1.10. The first-order valence-electron chi connectivity index (χ1n) is 4.71. The van der Waals surface area contributed by atoms with E-state index in [0.717, 1.165) is 0 Å². The van der Waals surface area contributed by atoms with Crippen LogP contribution in [-0.4, -0.2) is 27.7 Å². The molecular formula is C9H11NO4. The summed E-state index contributed by atoms with van der Waals surface area (Å²) in [6.45, 7) is 0. The van der Waals surface area contributed by atoms with Crippen molar-refractivity contribution >= 4 is 11.9 Å². The van der Waals surface area contributed by atoms with Crippen LogP contribution in [0.25, 0.3) is 0 Å². The molecule has 0 aliphatic heterocycles. The molecule has 5 atom stereocenters. The molecule has 0 aromatic heterocycles. The van der Waals surface area contributed by atoms with Crippen molar-refractivity contribution in [3.63, 3.8) is 0 Å². The standard InChI is InChI=1S/C9H11NO4/c10-9(7(13)14)3-1-4-5(9)8(4,2-3)6(11)12/h3-5H,1-2,10H2,(H,11,12)(H,13,14)/t3-,4-,5-,8-,9+/m0/s1. The van der Waals surface area contributed by atoms with Gasteiger partial charge in [0.1, 0.15) is 5.54 Å². The highest BCUT2D eigenvalue weighted by molar-refractivity contribution is 5.90. The Labute approximate surface area is 79.9 Å². The molecule has 5 heteroatoms. The fourth-order valence-corrected chi connectivity index (χ4v) is 4.00. The van der Waals surface area contributed by atoms with Gasteiger partial charge >= 0.3 is 11.9 Å². The van der Waals surface area contributed by atoms with Crippen molar-refractivity contribution in [3.05, 3.63) is 0 Å². The summed E-state index contributed by atoms with van der Waals surface area (Å²) in [6, 6.07) is 0. The van der Waals surface area contributed by atoms with Crippen LogP contribution in [0.1, 0.15) is 12.8 Å². The third-order valence-electron chi connectivity index (χ3n) is 4.59. The van der Waals surface area contributed by atoms with E-state index in [2.05, 4.69) is 0 Å². The Bertz CT molecular complexity index is 368. The molecule has 0 radical (unpaired) electrons. The Balaban J connectivity index is 2.06. The van der Waals surface area contributed by atoms with Crippen molar-refractivity contribution in [2.45, 2.75) is 18.4 Å². The summed E-state index contributed by atoms with van der Waals surface area (Å²) in [5.74, 6) is -2.33. The van der Waals surface area contributed by atoms with Crippen LogP contribution in [0.15, 0.2) is 0 Å². The minimum Gasteiger partial charge on any atom is -0.481 e. The number of hydrogen-bond donors (Lipinski definition) is 3. The normalized spacial score (nSPS) is 57.4. The van der Waals surface area contributed by atoms with Crippen molar-refractivity contribution in [1.82, 2.24) is 0 Å². The van der Waals surface area contributed by atoms with Crippen molar-refractivity contribution in [1.29, 1.82) is 0 Å². The average molecular weight is 197 g/mol. The van der Waals surface area contributed by atoms with E-state index < -0.39 is 22.9 Å². The molecule has 0 aromatic rings. The van der Waals surface area contributed by atoms with Gasteiger partial charge in [0.2, 0.25) is 0 Å². The number of rotatable bonds is 2. The van der Waals surface area contributed by atoms with Crippen molar-refractivity contribution < 1.29 is 19.8 Å². The smallest absolute Gasteiger partial charge is 0.324 e. The molecule has 4 saturated carbocycles. The molecule has 0 unspecified atom stereocenters. The molecular weight excluding hydrogens is 186 g/mol. The maximum atomic E-state index is 11.1. The number of carbonyl (C=O) groups is 2. The van der Waals surface area contributed by atoms with Crippen LogP contribution in [0.4, 0.5) is 0 Å². The fourth-order valence-electron chi connectivity index (χ4n) is 4.00. The lowest BCUT2D eigenvalue weighted by atomic mass is 9.90. The highest BCUT2D eigenvalue weighted by Gasteiger charge is 2.88. The number of nitrogens with two attached hydrogens (primary N) is 1. The fraction of sp³-hybridized carbons (Fsp3) is 0.778. The third-order valence-corrected chi connectivity index (χ3v) is 4.59. The maximum Gasteiger partial charge on any atom is 0.324 e. The number of carboxylic acids is 2. The van der Waals surface area contributed by atoms with Crippen LogP contribution in [-0.2, 0) is 9.59 Å². The highest BCUT2D eigenvalue weighted by atomic mass is 16.4. The summed E-state index contributed by atoms with van der Waals surface area (Å²) >= 11 is 0. The van der Waals surface area contributed by atoms with Crippen molar-refractivity contribution in [3.8, 4) is 0 Å². The molecule has 76 valence electrons. The van der Waals surface area contributed by atoms with Crippen LogP contribution in [0.2, 0.25) is 0 Å². The molecule has 4 aliphatic rings. The van der Waals surface area contributed by atoms with Gasteiger partial charge in [-0.25, -0.2) is 0 Å². The van der Waals surface area contributed by atoms with Crippen LogP contribution in [0.5, 0.6) is 0 Å². The van der Waals surface area contributed by atoms with Gasteiger partial charge in [-0.1, -0.05) is 0 Å². The SMILES string of the molecule is N[C@]1(C(=O)O)[C@H]2C[C@H]3[C@H]1[C@]3(C(=O)O)C2. The molecule has 4 aliphatic carbocycles. The lowest BCUT2D eigenvalue weighted by molar-refractivity contribution is -0.145. The molecule has 0 spiro atoms. The zero-order valence-corrected chi connectivity index (χ0v) is 7.43. The van der Waals surface area contributed by atoms with Gasteiger partial charge in [0.25, 0.3) is 0 Å². The van der Waals surface area contributed by atoms with E-state index >= 15 is 0 Å². The Morgan fingerprint density at radius 2 is 1.93 bits per heavy atom. The van der Waals surface area contributed by atoms with E-state index in [4.69, 9.17) is 15.9 Å². The zero-order valence-electron chi connectivity index (χ0n) is 7.43. The highest BCUT2D eigenvalue weighted by Crippen LogP contribution is 2.81. The summed E-state index contributed by atoms with van der Waals surface area (Å²) in [5.41, 5.74) is 3.79. The lowest BCUT2D eigenvalue weighted by Gasteiger charge is -2.22. The van der Waals surface area contributed by atoms with Gasteiger partial charge in [-0.15, -0.1) is 0 Å². The second-order valence-corrected chi connectivity index (χ2v) is 4.80. The first-order valence-corrected chi connectivity index (χ1v) is 4.71. The molecule has 4 rings (SSSR count). The van der Waals surface area contributed by atoms with E-state index in [1.54, 1.807) is 0 Å². The maximum absolute atomic E-state index is 11.1. The van der Waals surface area contributed by atoms with Gasteiger partial charge in [-0.2, -0.15) is 0 Å². The van der Waals surface area contributed by atoms with Gasteiger partial charge in [0, 0.05) is 5.92 Å². The summed E-state index contributed by atoms with van der Waals surface area (Å²) < 4.78 is 0. The van der Waals surface area contributed by atoms with Gasteiger partial charge in [0.05, 0.1) is 5.41 Å². The van der Waals surface area contributed by atoms with Crippen LogP contribution in [0.3, 0.4) is 0 Å². The van der Waals surface area contributed by atoms with E-state index in [1.807, 2.05) is 0 Å². The number of aliphatic carboxylic acids is 2. The van der Waals surface area contributed by atoms with Gasteiger partial charge in [-0.3, -0.25) is 9.59 Å². The predicted octanol–water partition coefficient (Wildman–Crippen LogP) is -0.491. The van der Waals surface area contributed by atoms with E-state index in [9.17, 15) is 9.59 Å². The van der Waals surface area contributed by atoms with Crippen LogP contribution in [0, 0.1) is 23.2 Å². The summed E-state index contributed by atoms with van der Waals surface area (Å²) in [7, 11) is 0. The summed E-state index contributed by atoms with van der Waals surface area (Å²) in [5, 5.41) is 18.1. The summed E-state index contributed by atoms with van der Waals surface area (Å²) in [6.07, 6.45) is 1.14. The minimum absolute atomic E-state index is 0.0195. The number of hydrogen-bond acceptors (Lipinski definition) is 3. The molecule has 0 heterocycles. The molecule has 0 amide bonds. The monoisotopic (exact) mass is 197 g/mol. The quantitative estimate of drug-likeness (QED) is 0.554. The van der Waals surface area contributed by atoms with Crippen LogP contribution < -0.4 is 5.73 Å². The second-order valence-electron chi connectivity index (χ2n) is 4.80. The van der Waals surface area contributed by atoms with Crippen LogP contribution >= 0.6 is 0 Å². The molecule has 4 bridgehead atoms. The topological polar surface area (TPSA) is 101 Å². The van der Waals surface area contributed by atoms with Gasteiger partial charge in [-0.05, 0) is 24.7 Å². The number of carboxylic acid groups (broad SMARTS) is 2. The molecule has 5 nitrogen and oxygen atoms in total. The van der Waals surface area contributed by atoms with E-state index in [1.165, 1.54) is 0 Å².